The Hall–Kier alpha value is -2.40. The van der Waals surface area contributed by atoms with Crippen molar-refractivity contribution in [1.82, 2.24) is 0 Å². The second-order valence-electron chi connectivity index (χ2n) is 4.31. The van der Waals surface area contributed by atoms with Crippen molar-refractivity contribution >= 4 is 35.0 Å². The first-order valence-electron chi connectivity index (χ1n) is 6.32. The van der Waals surface area contributed by atoms with Gasteiger partial charge in [-0.15, -0.1) is 11.3 Å². The van der Waals surface area contributed by atoms with E-state index in [1.54, 1.807) is 42.5 Å². The van der Waals surface area contributed by atoms with Crippen LogP contribution in [0, 0.1) is 6.92 Å². The summed E-state index contributed by atoms with van der Waals surface area (Å²) in [6.07, 6.45) is 3.22. The van der Waals surface area contributed by atoms with E-state index in [-0.39, 0.29) is 5.91 Å². The molecule has 0 spiro atoms. The molecule has 0 fully saturated rings. The summed E-state index contributed by atoms with van der Waals surface area (Å²) in [6.45, 7) is 1.77. The highest BCUT2D eigenvalue weighted by atomic mass is 32.1. The number of anilines is 1. The molecule has 1 amide bonds. The number of nitrogens with one attached hydrogen (secondary N) is 1. The Balaban J connectivity index is 2.12. The van der Waals surface area contributed by atoms with Gasteiger partial charge < -0.3 is 10.1 Å². The lowest BCUT2D eigenvalue weighted by Gasteiger charge is -2.10. The number of methoxy groups -OCH3 is 1. The summed E-state index contributed by atoms with van der Waals surface area (Å²) in [4.78, 5) is 24.5. The second kappa shape index (κ2) is 6.85. The maximum Gasteiger partial charge on any atom is 0.338 e. The number of benzene rings is 1. The van der Waals surface area contributed by atoms with Crippen molar-refractivity contribution in [1.29, 1.82) is 0 Å². The molecule has 0 atom stereocenters. The maximum absolute atomic E-state index is 11.9. The lowest BCUT2D eigenvalue weighted by Crippen LogP contribution is -2.11. The van der Waals surface area contributed by atoms with Gasteiger partial charge in [0.25, 0.3) is 0 Å². The van der Waals surface area contributed by atoms with Crippen molar-refractivity contribution in [3.63, 3.8) is 0 Å². The smallest absolute Gasteiger partial charge is 0.338 e. The van der Waals surface area contributed by atoms with Gasteiger partial charge in [-0.3, -0.25) is 4.79 Å². The zero-order valence-electron chi connectivity index (χ0n) is 11.8. The van der Waals surface area contributed by atoms with Crippen LogP contribution in [-0.4, -0.2) is 19.0 Å². The van der Waals surface area contributed by atoms with Gasteiger partial charge in [-0.2, -0.15) is 0 Å². The van der Waals surface area contributed by atoms with E-state index >= 15 is 0 Å². The van der Waals surface area contributed by atoms with Gasteiger partial charge in [0, 0.05) is 16.6 Å². The number of esters is 1. The predicted molar refractivity (Wildman–Crippen MR) is 84.5 cm³/mol. The second-order valence-corrected chi connectivity index (χ2v) is 5.29. The SMILES string of the molecule is COC(=O)c1cccc(NC(=O)/C=C/c2cccs2)c1C. The molecule has 5 heteroatoms. The molecular formula is C16H15NO3S. The van der Waals surface area contributed by atoms with Gasteiger partial charge in [0.2, 0.25) is 5.91 Å². The topological polar surface area (TPSA) is 55.4 Å². The lowest BCUT2D eigenvalue weighted by molar-refractivity contribution is -0.111. The minimum atomic E-state index is -0.419. The number of rotatable bonds is 4. The average Bonchev–Trinajstić information content (AvgIpc) is 3.00. The molecule has 0 aliphatic rings. The molecule has 4 nitrogen and oxygen atoms in total. The minimum Gasteiger partial charge on any atom is -0.465 e. The van der Waals surface area contributed by atoms with Crippen molar-refractivity contribution in [2.24, 2.45) is 0 Å². The van der Waals surface area contributed by atoms with Gasteiger partial charge in [0.1, 0.15) is 0 Å². The monoisotopic (exact) mass is 301 g/mol. The molecule has 1 aromatic carbocycles. The molecule has 0 bridgehead atoms. The molecule has 21 heavy (non-hydrogen) atoms. The van der Waals surface area contributed by atoms with Gasteiger partial charge in [0.15, 0.2) is 0 Å². The number of thiophene rings is 1. The first-order chi connectivity index (χ1) is 10.1. The molecule has 0 unspecified atom stereocenters. The maximum atomic E-state index is 11.9. The number of hydrogen-bond acceptors (Lipinski definition) is 4. The van der Waals surface area contributed by atoms with Crippen LogP contribution in [0.15, 0.2) is 41.8 Å². The number of hydrogen-bond donors (Lipinski definition) is 1. The quantitative estimate of drug-likeness (QED) is 0.694. The molecule has 0 aliphatic carbocycles. The Morgan fingerprint density at radius 3 is 2.71 bits per heavy atom. The van der Waals surface area contributed by atoms with Gasteiger partial charge in [-0.1, -0.05) is 12.1 Å². The molecule has 0 saturated carbocycles. The van der Waals surface area contributed by atoms with Gasteiger partial charge in [-0.25, -0.2) is 4.79 Å². The zero-order chi connectivity index (χ0) is 15.2. The first kappa shape index (κ1) is 15.0. The van der Waals surface area contributed by atoms with Crippen LogP contribution in [0.2, 0.25) is 0 Å². The van der Waals surface area contributed by atoms with E-state index in [0.29, 0.717) is 16.8 Å². The summed E-state index contributed by atoms with van der Waals surface area (Å²) < 4.78 is 4.71. The van der Waals surface area contributed by atoms with Crippen LogP contribution in [-0.2, 0) is 9.53 Å². The van der Waals surface area contributed by atoms with E-state index < -0.39 is 5.97 Å². The molecule has 2 rings (SSSR count). The Morgan fingerprint density at radius 2 is 2.05 bits per heavy atom. The molecule has 1 aromatic heterocycles. The Labute approximate surface area is 127 Å². The third-order valence-corrected chi connectivity index (χ3v) is 3.78. The van der Waals surface area contributed by atoms with Crippen LogP contribution < -0.4 is 5.32 Å². The van der Waals surface area contributed by atoms with E-state index in [1.807, 2.05) is 17.5 Å². The molecule has 1 heterocycles. The highest BCUT2D eigenvalue weighted by Gasteiger charge is 2.12. The zero-order valence-corrected chi connectivity index (χ0v) is 12.6. The molecule has 1 N–H and O–H groups in total. The predicted octanol–water partition coefficient (Wildman–Crippen LogP) is 3.50. The van der Waals surface area contributed by atoms with E-state index in [0.717, 1.165) is 4.88 Å². The lowest BCUT2D eigenvalue weighted by atomic mass is 10.1. The van der Waals surface area contributed by atoms with E-state index in [9.17, 15) is 9.59 Å². The highest BCUT2D eigenvalue weighted by molar-refractivity contribution is 7.10. The highest BCUT2D eigenvalue weighted by Crippen LogP contribution is 2.20. The number of carbonyl (C=O) groups excluding carboxylic acids is 2. The molecule has 2 aromatic rings. The summed E-state index contributed by atoms with van der Waals surface area (Å²) in [7, 11) is 1.33. The van der Waals surface area contributed by atoms with Crippen LogP contribution >= 0.6 is 11.3 Å². The van der Waals surface area contributed by atoms with Crippen molar-refractivity contribution in [3.8, 4) is 0 Å². The van der Waals surface area contributed by atoms with Gasteiger partial charge >= 0.3 is 5.97 Å². The number of amides is 1. The Bertz CT molecular complexity index is 675. The first-order valence-corrected chi connectivity index (χ1v) is 7.20. The van der Waals surface area contributed by atoms with Crippen molar-refractivity contribution < 1.29 is 14.3 Å². The molecular weight excluding hydrogens is 286 g/mol. The fourth-order valence-electron chi connectivity index (χ4n) is 1.82. The number of ether oxygens (including phenoxy) is 1. The molecule has 0 saturated heterocycles. The summed E-state index contributed by atoms with van der Waals surface area (Å²) in [5, 5.41) is 4.71. The third kappa shape index (κ3) is 3.79. The third-order valence-electron chi connectivity index (χ3n) is 2.94. The van der Waals surface area contributed by atoms with Crippen molar-refractivity contribution in [3.05, 3.63) is 57.8 Å². The largest absolute Gasteiger partial charge is 0.465 e. The standard InChI is InChI=1S/C16H15NO3S/c1-11-13(16(19)20-2)6-3-7-14(11)17-15(18)9-8-12-5-4-10-21-12/h3-10H,1-2H3,(H,17,18)/b9-8+. The summed E-state index contributed by atoms with van der Waals surface area (Å²) in [5.41, 5.74) is 1.72. The summed E-state index contributed by atoms with van der Waals surface area (Å²) >= 11 is 1.56. The molecule has 0 aliphatic heterocycles. The van der Waals surface area contributed by atoms with E-state index in [1.165, 1.54) is 13.2 Å². The van der Waals surface area contributed by atoms with Crippen LogP contribution in [0.25, 0.3) is 6.08 Å². The average molecular weight is 301 g/mol. The van der Waals surface area contributed by atoms with Crippen LogP contribution in [0.5, 0.6) is 0 Å². The molecule has 0 radical (unpaired) electrons. The van der Waals surface area contributed by atoms with Crippen LogP contribution in [0.1, 0.15) is 20.8 Å². The van der Waals surface area contributed by atoms with Crippen LogP contribution in [0.3, 0.4) is 0 Å². The van der Waals surface area contributed by atoms with E-state index in [2.05, 4.69) is 5.32 Å². The fraction of sp³-hybridized carbons (Fsp3) is 0.125. The van der Waals surface area contributed by atoms with Crippen LogP contribution in [0.4, 0.5) is 5.69 Å². The minimum absolute atomic E-state index is 0.242. The van der Waals surface area contributed by atoms with Crippen molar-refractivity contribution in [2.45, 2.75) is 6.92 Å². The Kier molecular flexibility index (Phi) is 4.90. The summed E-state index contributed by atoms with van der Waals surface area (Å²) in [5.74, 6) is -0.661. The fourth-order valence-corrected chi connectivity index (χ4v) is 2.44. The molecule has 108 valence electrons. The number of carbonyl (C=O) groups is 2. The van der Waals surface area contributed by atoms with Crippen molar-refractivity contribution in [2.75, 3.05) is 12.4 Å². The van der Waals surface area contributed by atoms with Gasteiger partial charge in [-0.05, 0) is 42.1 Å². The Morgan fingerprint density at radius 1 is 1.24 bits per heavy atom. The van der Waals surface area contributed by atoms with Gasteiger partial charge in [0.05, 0.1) is 12.7 Å². The van der Waals surface area contributed by atoms with E-state index in [4.69, 9.17) is 4.74 Å². The summed E-state index contributed by atoms with van der Waals surface area (Å²) in [6, 6.07) is 8.97. The normalized spacial score (nSPS) is 10.6.